The number of hydrogen-bond donors (Lipinski definition) is 1. The molecule has 4 heteroatoms. The largest absolute Gasteiger partial charge is 0.382 e. The Bertz CT molecular complexity index is 282. The maximum absolute atomic E-state index is 5.60. The summed E-state index contributed by atoms with van der Waals surface area (Å²) in [6.45, 7) is 10.5. The molecule has 1 aliphatic carbocycles. The molecular weight excluding hydrogens is 264 g/mol. The summed E-state index contributed by atoms with van der Waals surface area (Å²) in [4.78, 5) is 2.74. The zero-order valence-corrected chi connectivity index (χ0v) is 14.1. The minimum absolute atomic E-state index is 0.675. The van der Waals surface area contributed by atoms with Crippen molar-refractivity contribution in [2.75, 3.05) is 46.6 Å². The second-order valence-electron chi connectivity index (χ2n) is 7.09. The van der Waals surface area contributed by atoms with Crippen LogP contribution >= 0.6 is 0 Å². The molecule has 1 saturated carbocycles. The highest BCUT2D eigenvalue weighted by atomic mass is 16.5. The van der Waals surface area contributed by atoms with Gasteiger partial charge in [-0.25, -0.2) is 0 Å². The average Bonchev–Trinajstić information content (AvgIpc) is 3.27. The molecule has 2 fully saturated rings. The van der Waals surface area contributed by atoms with Crippen LogP contribution in [-0.4, -0.2) is 63.5 Å². The van der Waals surface area contributed by atoms with Crippen LogP contribution in [0.4, 0.5) is 0 Å². The van der Waals surface area contributed by atoms with E-state index in [9.17, 15) is 0 Å². The van der Waals surface area contributed by atoms with Crippen molar-refractivity contribution in [2.45, 2.75) is 51.6 Å². The molecular formula is C17H34N2O2. The summed E-state index contributed by atoms with van der Waals surface area (Å²) >= 11 is 0. The van der Waals surface area contributed by atoms with E-state index in [-0.39, 0.29) is 0 Å². The van der Waals surface area contributed by atoms with Crippen molar-refractivity contribution in [3.8, 4) is 0 Å². The lowest BCUT2D eigenvalue weighted by molar-refractivity contribution is 0.0543. The summed E-state index contributed by atoms with van der Waals surface area (Å²) in [5, 5.41) is 3.78. The maximum Gasteiger partial charge on any atom is 0.0700 e. The normalized spacial score (nSPS) is 27.4. The van der Waals surface area contributed by atoms with E-state index < -0.39 is 0 Å². The Morgan fingerprint density at radius 2 is 2.00 bits per heavy atom. The first kappa shape index (κ1) is 17.2. The predicted octanol–water partition coefficient (Wildman–Crippen LogP) is 2.14. The summed E-state index contributed by atoms with van der Waals surface area (Å²) in [5.41, 5.74) is 0. The van der Waals surface area contributed by atoms with Gasteiger partial charge in [0.1, 0.15) is 0 Å². The topological polar surface area (TPSA) is 33.7 Å². The van der Waals surface area contributed by atoms with Gasteiger partial charge in [-0.1, -0.05) is 13.8 Å². The smallest absolute Gasteiger partial charge is 0.0700 e. The second-order valence-corrected chi connectivity index (χ2v) is 7.09. The standard InChI is InChI=1S/C17H34N2O2/c1-14(2)11-16-13-19(7-4-8-21-10-9-20-3)17(12-18-16)15-5-6-15/h14-18H,4-13H2,1-3H3. The Morgan fingerprint density at radius 3 is 2.67 bits per heavy atom. The minimum atomic E-state index is 0.675. The highest BCUT2D eigenvalue weighted by molar-refractivity contribution is 4.95. The quantitative estimate of drug-likeness (QED) is 0.627. The molecule has 0 radical (unpaired) electrons. The highest BCUT2D eigenvalue weighted by Crippen LogP contribution is 2.36. The Hall–Kier alpha value is -0.160. The molecule has 0 aromatic heterocycles. The molecule has 0 spiro atoms. The van der Waals surface area contributed by atoms with E-state index in [2.05, 4.69) is 24.1 Å². The first-order valence-corrected chi connectivity index (χ1v) is 8.74. The molecule has 1 N–H and O–H groups in total. The molecule has 0 amide bonds. The monoisotopic (exact) mass is 298 g/mol. The first-order valence-electron chi connectivity index (χ1n) is 8.74. The molecule has 1 saturated heterocycles. The van der Waals surface area contributed by atoms with Crippen LogP contribution in [0.25, 0.3) is 0 Å². The van der Waals surface area contributed by atoms with E-state index in [4.69, 9.17) is 9.47 Å². The van der Waals surface area contributed by atoms with Crippen molar-refractivity contribution >= 4 is 0 Å². The summed E-state index contributed by atoms with van der Waals surface area (Å²) in [6, 6.07) is 1.45. The predicted molar refractivity (Wildman–Crippen MR) is 86.6 cm³/mol. The van der Waals surface area contributed by atoms with Gasteiger partial charge < -0.3 is 14.8 Å². The van der Waals surface area contributed by atoms with Gasteiger partial charge >= 0.3 is 0 Å². The number of piperazine rings is 1. The minimum Gasteiger partial charge on any atom is -0.382 e. The van der Waals surface area contributed by atoms with Gasteiger partial charge in [0, 0.05) is 45.4 Å². The lowest BCUT2D eigenvalue weighted by Crippen LogP contribution is -2.57. The number of ether oxygens (including phenoxy) is 2. The third kappa shape index (κ3) is 6.23. The van der Waals surface area contributed by atoms with E-state index in [0.717, 1.165) is 37.5 Å². The highest BCUT2D eigenvalue weighted by Gasteiger charge is 2.38. The fourth-order valence-electron chi connectivity index (χ4n) is 3.44. The van der Waals surface area contributed by atoms with E-state index in [1.165, 1.54) is 38.9 Å². The van der Waals surface area contributed by atoms with Gasteiger partial charge in [-0.3, -0.25) is 4.90 Å². The van der Waals surface area contributed by atoms with Crippen molar-refractivity contribution in [1.82, 2.24) is 10.2 Å². The Kier molecular flexibility index (Phi) is 7.44. The Balaban J connectivity index is 1.69. The lowest BCUT2D eigenvalue weighted by atomic mass is 9.98. The molecule has 2 unspecified atom stereocenters. The lowest BCUT2D eigenvalue weighted by Gasteiger charge is -2.41. The van der Waals surface area contributed by atoms with Gasteiger partial charge in [0.15, 0.2) is 0 Å². The fraction of sp³-hybridized carbons (Fsp3) is 1.00. The van der Waals surface area contributed by atoms with Gasteiger partial charge in [0.2, 0.25) is 0 Å². The maximum atomic E-state index is 5.60. The van der Waals surface area contributed by atoms with Crippen LogP contribution in [0, 0.1) is 11.8 Å². The Morgan fingerprint density at radius 1 is 1.19 bits per heavy atom. The van der Waals surface area contributed by atoms with Crippen molar-refractivity contribution in [1.29, 1.82) is 0 Å². The van der Waals surface area contributed by atoms with Gasteiger partial charge in [-0.05, 0) is 37.5 Å². The molecule has 1 heterocycles. The van der Waals surface area contributed by atoms with Crippen LogP contribution in [0.5, 0.6) is 0 Å². The summed E-state index contributed by atoms with van der Waals surface area (Å²) in [5.74, 6) is 1.73. The first-order chi connectivity index (χ1) is 10.2. The van der Waals surface area contributed by atoms with Crippen molar-refractivity contribution < 1.29 is 9.47 Å². The van der Waals surface area contributed by atoms with E-state index in [0.29, 0.717) is 12.6 Å². The molecule has 0 bridgehead atoms. The van der Waals surface area contributed by atoms with Gasteiger partial charge in [0.05, 0.1) is 13.2 Å². The van der Waals surface area contributed by atoms with Crippen molar-refractivity contribution in [2.24, 2.45) is 11.8 Å². The van der Waals surface area contributed by atoms with Crippen LogP contribution in [0.3, 0.4) is 0 Å². The van der Waals surface area contributed by atoms with Crippen molar-refractivity contribution in [3.63, 3.8) is 0 Å². The van der Waals surface area contributed by atoms with Crippen LogP contribution in [0.15, 0.2) is 0 Å². The molecule has 1 aliphatic heterocycles. The number of hydrogen-bond acceptors (Lipinski definition) is 4. The van der Waals surface area contributed by atoms with E-state index in [1.54, 1.807) is 7.11 Å². The van der Waals surface area contributed by atoms with Crippen LogP contribution in [-0.2, 0) is 9.47 Å². The molecule has 2 atom stereocenters. The van der Waals surface area contributed by atoms with Gasteiger partial charge in [-0.15, -0.1) is 0 Å². The third-order valence-electron chi connectivity index (χ3n) is 4.63. The van der Waals surface area contributed by atoms with E-state index in [1.807, 2.05) is 0 Å². The van der Waals surface area contributed by atoms with Crippen LogP contribution < -0.4 is 5.32 Å². The van der Waals surface area contributed by atoms with Crippen LogP contribution in [0.2, 0.25) is 0 Å². The van der Waals surface area contributed by atoms with Gasteiger partial charge in [-0.2, -0.15) is 0 Å². The summed E-state index contributed by atoms with van der Waals surface area (Å²) < 4.78 is 10.6. The van der Waals surface area contributed by atoms with Gasteiger partial charge in [0.25, 0.3) is 0 Å². The summed E-state index contributed by atoms with van der Waals surface area (Å²) in [7, 11) is 1.72. The SMILES string of the molecule is COCCOCCCN1CC(CC(C)C)NCC1C1CC1. The third-order valence-corrected chi connectivity index (χ3v) is 4.63. The second kappa shape index (κ2) is 9.09. The fourth-order valence-corrected chi connectivity index (χ4v) is 3.44. The van der Waals surface area contributed by atoms with Crippen molar-refractivity contribution in [3.05, 3.63) is 0 Å². The van der Waals surface area contributed by atoms with E-state index >= 15 is 0 Å². The number of rotatable bonds is 10. The average molecular weight is 298 g/mol. The molecule has 21 heavy (non-hydrogen) atoms. The van der Waals surface area contributed by atoms with Crippen LogP contribution in [0.1, 0.15) is 39.5 Å². The number of nitrogens with one attached hydrogen (secondary N) is 1. The number of methoxy groups -OCH3 is 1. The zero-order valence-electron chi connectivity index (χ0n) is 14.1. The number of nitrogens with zero attached hydrogens (tertiary/aromatic N) is 1. The molecule has 0 aromatic rings. The molecule has 0 aromatic carbocycles. The molecule has 124 valence electrons. The molecule has 4 nitrogen and oxygen atoms in total. The zero-order chi connectivity index (χ0) is 15.1. The summed E-state index contributed by atoms with van der Waals surface area (Å²) in [6.07, 6.45) is 5.30. The molecule has 2 aliphatic rings. The Labute approximate surface area is 130 Å². The molecule has 2 rings (SSSR count).